The van der Waals surface area contributed by atoms with Gasteiger partial charge < -0.3 is 15.2 Å². The van der Waals surface area contributed by atoms with Gasteiger partial charge in [0.15, 0.2) is 0 Å². The number of aromatic hydroxyl groups is 1. The molecule has 0 aliphatic rings. The molecular formula is C14H12ClN3O2S. The van der Waals surface area contributed by atoms with E-state index in [4.69, 9.17) is 16.3 Å². The third-order valence-corrected chi connectivity index (χ3v) is 3.98. The fourth-order valence-corrected chi connectivity index (χ4v) is 2.76. The molecule has 0 saturated carbocycles. The molecule has 5 nitrogen and oxygen atoms in total. The molecule has 0 aliphatic heterocycles. The summed E-state index contributed by atoms with van der Waals surface area (Å²) in [6.45, 7) is 0.423. The molecule has 3 rings (SSSR count). The molecule has 1 heterocycles. The second-order valence-electron chi connectivity index (χ2n) is 4.40. The lowest BCUT2D eigenvalue weighted by molar-refractivity contribution is 0.406. The molecule has 7 heteroatoms. The summed E-state index contributed by atoms with van der Waals surface area (Å²) in [4.78, 5) is 0. The maximum atomic E-state index is 9.96. The zero-order valence-electron chi connectivity index (χ0n) is 11.1. The van der Waals surface area contributed by atoms with Crippen molar-refractivity contribution in [3.05, 3.63) is 40.9 Å². The molecule has 3 aromatic rings. The Labute approximate surface area is 130 Å². The number of hydrogen-bond donors (Lipinski definition) is 2. The number of fused-ring (bicyclic) bond motifs is 1. The third kappa shape index (κ3) is 2.72. The van der Waals surface area contributed by atoms with Crippen molar-refractivity contribution in [1.82, 2.24) is 8.75 Å². The van der Waals surface area contributed by atoms with Gasteiger partial charge in [0.25, 0.3) is 0 Å². The van der Waals surface area contributed by atoms with Gasteiger partial charge in [0.2, 0.25) is 0 Å². The van der Waals surface area contributed by atoms with Gasteiger partial charge in [-0.05, 0) is 24.3 Å². The van der Waals surface area contributed by atoms with Crippen LogP contribution < -0.4 is 10.1 Å². The number of nitrogens with zero attached hydrogens (tertiary/aromatic N) is 2. The first-order valence-electron chi connectivity index (χ1n) is 6.19. The van der Waals surface area contributed by atoms with E-state index in [0.717, 1.165) is 34.0 Å². The molecule has 21 heavy (non-hydrogen) atoms. The highest BCUT2D eigenvalue weighted by atomic mass is 35.5. The maximum absolute atomic E-state index is 9.96. The molecule has 2 aromatic carbocycles. The van der Waals surface area contributed by atoms with Gasteiger partial charge in [-0.2, -0.15) is 8.75 Å². The standard InChI is InChI=1S/C14H12ClN3O2S/c1-20-9-3-2-8(12(19)6-9)7-16-13-10(15)4-5-11-14(13)18-21-17-11/h2-6,16,19H,7H2,1H3. The van der Waals surface area contributed by atoms with Gasteiger partial charge in [-0.3, -0.25) is 0 Å². The van der Waals surface area contributed by atoms with E-state index in [9.17, 15) is 5.11 Å². The quantitative estimate of drug-likeness (QED) is 0.767. The highest BCUT2D eigenvalue weighted by Gasteiger charge is 2.10. The van der Waals surface area contributed by atoms with Gasteiger partial charge in [-0.25, -0.2) is 0 Å². The van der Waals surface area contributed by atoms with Crippen molar-refractivity contribution < 1.29 is 9.84 Å². The van der Waals surface area contributed by atoms with E-state index < -0.39 is 0 Å². The Morgan fingerprint density at radius 1 is 1.29 bits per heavy atom. The molecule has 0 bridgehead atoms. The Morgan fingerprint density at radius 2 is 2.14 bits per heavy atom. The van der Waals surface area contributed by atoms with Crippen LogP contribution in [0.1, 0.15) is 5.56 Å². The molecule has 1 aromatic heterocycles. The third-order valence-electron chi connectivity index (χ3n) is 3.13. The average molecular weight is 322 g/mol. The first-order chi connectivity index (χ1) is 10.2. The van der Waals surface area contributed by atoms with Crippen molar-refractivity contribution in [1.29, 1.82) is 0 Å². The van der Waals surface area contributed by atoms with Crippen molar-refractivity contribution in [2.75, 3.05) is 12.4 Å². The van der Waals surface area contributed by atoms with Crippen LogP contribution in [-0.4, -0.2) is 21.0 Å². The Kier molecular flexibility index (Phi) is 3.81. The molecule has 0 atom stereocenters. The molecule has 0 fully saturated rings. The monoisotopic (exact) mass is 321 g/mol. The summed E-state index contributed by atoms with van der Waals surface area (Å²) in [7, 11) is 1.56. The fourth-order valence-electron chi connectivity index (χ4n) is 2.00. The summed E-state index contributed by atoms with van der Waals surface area (Å²) in [6, 6.07) is 8.78. The highest BCUT2D eigenvalue weighted by Crippen LogP contribution is 2.31. The van der Waals surface area contributed by atoms with Gasteiger partial charge in [-0.1, -0.05) is 11.6 Å². The van der Waals surface area contributed by atoms with Gasteiger partial charge in [-0.15, -0.1) is 0 Å². The Bertz CT molecular complexity index is 791. The van der Waals surface area contributed by atoms with Crippen molar-refractivity contribution in [3.63, 3.8) is 0 Å². The number of benzene rings is 2. The largest absolute Gasteiger partial charge is 0.507 e. The van der Waals surface area contributed by atoms with Crippen LogP contribution in [0.5, 0.6) is 11.5 Å². The lowest BCUT2D eigenvalue weighted by atomic mass is 10.2. The molecule has 0 radical (unpaired) electrons. The predicted molar refractivity (Wildman–Crippen MR) is 84.4 cm³/mol. The van der Waals surface area contributed by atoms with Crippen molar-refractivity contribution in [2.45, 2.75) is 6.54 Å². The minimum Gasteiger partial charge on any atom is -0.507 e. The molecular weight excluding hydrogens is 310 g/mol. The Balaban J connectivity index is 1.86. The maximum Gasteiger partial charge on any atom is 0.129 e. The number of phenols is 1. The number of aromatic nitrogens is 2. The normalized spacial score (nSPS) is 10.8. The topological polar surface area (TPSA) is 67.3 Å². The number of phenolic OH excluding ortho intramolecular Hbond substituents is 1. The van der Waals surface area contributed by atoms with Crippen molar-refractivity contribution >= 4 is 40.0 Å². The highest BCUT2D eigenvalue weighted by molar-refractivity contribution is 7.00. The lowest BCUT2D eigenvalue weighted by Gasteiger charge is -2.11. The summed E-state index contributed by atoms with van der Waals surface area (Å²) in [5.74, 6) is 0.779. The summed E-state index contributed by atoms with van der Waals surface area (Å²) in [5, 5.41) is 13.7. The van der Waals surface area contributed by atoms with Crippen molar-refractivity contribution in [2.24, 2.45) is 0 Å². The van der Waals surface area contributed by atoms with Crippen LogP contribution in [0.25, 0.3) is 11.0 Å². The molecule has 108 valence electrons. The molecule has 0 unspecified atom stereocenters. The first kappa shape index (κ1) is 13.9. The second kappa shape index (κ2) is 5.75. The second-order valence-corrected chi connectivity index (χ2v) is 5.34. The van der Waals surface area contributed by atoms with Gasteiger partial charge in [0.1, 0.15) is 22.5 Å². The molecule has 0 saturated heterocycles. The van der Waals surface area contributed by atoms with E-state index >= 15 is 0 Å². The van der Waals surface area contributed by atoms with Crippen LogP contribution in [0.15, 0.2) is 30.3 Å². The molecule has 2 N–H and O–H groups in total. The van der Waals surface area contributed by atoms with E-state index in [1.807, 2.05) is 6.07 Å². The average Bonchev–Trinajstić information content (AvgIpc) is 2.96. The summed E-state index contributed by atoms with van der Waals surface area (Å²) in [6.07, 6.45) is 0. The van der Waals surface area contributed by atoms with Crippen LogP contribution in [-0.2, 0) is 6.54 Å². The van der Waals surface area contributed by atoms with Gasteiger partial charge in [0.05, 0.1) is 29.5 Å². The molecule has 0 spiro atoms. The van der Waals surface area contributed by atoms with Crippen LogP contribution >= 0.6 is 23.3 Å². The summed E-state index contributed by atoms with van der Waals surface area (Å²) < 4.78 is 13.5. The zero-order valence-corrected chi connectivity index (χ0v) is 12.7. The minimum absolute atomic E-state index is 0.168. The molecule has 0 amide bonds. The summed E-state index contributed by atoms with van der Waals surface area (Å²) >= 11 is 7.35. The number of rotatable bonds is 4. The molecule has 0 aliphatic carbocycles. The Morgan fingerprint density at radius 3 is 2.90 bits per heavy atom. The number of methoxy groups -OCH3 is 1. The predicted octanol–water partition coefficient (Wildman–Crippen LogP) is 3.67. The van der Waals surface area contributed by atoms with E-state index in [1.54, 1.807) is 31.4 Å². The van der Waals surface area contributed by atoms with Crippen LogP contribution in [0.2, 0.25) is 5.02 Å². The van der Waals surface area contributed by atoms with E-state index in [0.29, 0.717) is 17.3 Å². The smallest absolute Gasteiger partial charge is 0.129 e. The van der Waals surface area contributed by atoms with Crippen LogP contribution in [0.4, 0.5) is 5.69 Å². The fraction of sp³-hybridized carbons (Fsp3) is 0.143. The first-order valence-corrected chi connectivity index (χ1v) is 7.30. The number of hydrogen-bond acceptors (Lipinski definition) is 6. The zero-order chi connectivity index (χ0) is 14.8. The number of halogens is 1. The van der Waals surface area contributed by atoms with Crippen LogP contribution in [0.3, 0.4) is 0 Å². The SMILES string of the molecule is COc1ccc(CNc2c(Cl)ccc3nsnc23)c(O)c1. The lowest BCUT2D eigenvalue weighted by Crippen LogP contribution is -2.01. The summed E-state index contributed by atoms with van der Waals surface area (Å²) in [5.41, 5.74) is 3.00. The number of ether oxygens (including phenoxy) is 1. The van der Waals surface area contributed by atoms with Crippen molar-refractivity contribution in [3.8, 4) is 11.5 Å². The number of anilines is 1. The number of nitrogens with one attached hydrogen (secondary N) is 1. The van der Waals surface area contributed by atoms with E-state index in [1.165, 1.54) is 0 Å². The van der Waals surface area contributed by atoms with Crippen LogP contribution in [0, 0.1) is 0 Å². The van der Waals surface area contributed by atoms with Gasteiger partial charge >= 0.3 is 0 Å². The van der Waals surface area contributed by atoms with E-state index in [-0.39, 0.29) is 5.75 Å². The minimum atomic E-state index is 0.168. The van der Waals surface area contributed by atoms with E-state index in [2.05, 4.69) is 14.1 Å². The van der Waals surface area contributed by atoms with Gasteiger partial charge in [0, 0.05) is 18.2 Å². The Hall–Kier alpha value is -2.05.